The number of hydrogen-bond acceptors (Lipinski definition) is 5. The first-order valence-electron chi connectivity index (χ1n) is 13.2. The van der Waals surface area contributed by atoms with Crippen LogP contribution in [0.25, 0.3) is 0 Å². The highest BCUT2D eigenvalue weighted by molar-refractivity contribution is 5.91. The number of ether oxygens (including phenoxy) is 2. The van der Waals surface area contributed by atoms with E-state index in [1.807, 2.05) is 4.90 Å². The van der Waals surface area contributed by atoms with Gasteiger partial charge in [-0.3, -0.25) is 14.4 Å². The fourth-order valence-electron chi connectivity index (χ4n) is 5.73. The van der Waals surface area contributed by atoms with Gasteiger partial charge in [0.2, 0.25) is 17.7 Å². The van der Waals surface area contributed by atoms with Gasteiger partial charge in [0.25, 0.3) is 0 Å². The van der Waals surface area contributed by atoms with Crippen molar-refractivity contribution in [3.63, 3.8) is 0 Å². The summed E-state index contributed by atoms with van der Waals surface area (Å²) in [5, 5.41) is 5.73. The van der Waals surface area contributed by atoms with Crippen LogP contribution in [0.15, 0.2) is 24.3 Å². The van der Waals surface area contributed by atoms with Gasteiger partial charge in [0.05, 0.1) is 17.4 Å². The number of carbonyl (C=O) groups excluding carboxylic acids is 3. The Morgan fingerprint density at radius 2 is 1.61 bits per heavy atom. The Kier molecular flexibility index (Phi) is 8.62. The van der Waals surface area contributed by atoms with E-state index in [1.54, 1.807) is 19.1 Å². The summed E-state index contributed by atoms with van der Waals surface area (Å²) >= 11 is 0. The summed E-state index contributed by atoms with van der Waals surface area (Å²) in [5.41, 5.74) is -0.553. The molecule has 3 aliphatic heterocycles. The highest BCUT2D eigenvalue weighted by Crippen LogP contribution is 2.41. The average Bonchev–Trinajstić information content (AvgIpc) is 2.91. The fourth-order valence-corrected chi connectivity index (χ4v) is 5.73. The smallest absolute Gasteiger partial charge is 0.242 e. The summed E-state index contributed by atoms with van der Waals surface area (Å²) in [6.07, 6.45) is 4.54. The zero-order chi connectivity index (χ0) is 25.6. The van der Waals surface area contributed by atoms with E-state index in [0.29, 0.717) is 78.2 Å². The molecule has 1 spiro atoms. The largest absolute Gasteiger partial charge is 0.381 e. The second-order valence-electron chi connectivity index (χ2n) is 10.3. The van der Waals surface area contributed by atoms with E-state index in [1.165, 1.54) is 12.1 Å². The number of benzene rings is 1. The van der Waals surface area contributed by atoms with Crippen molar-refractivity contribution in [2.45, 2.75) is 63.3 Å². The predicted octanol–water partition coefficient (Wildman–Crippen LogP) is 2.30. The molecule has 36 heavy (non-hydrogen) atoms. The van der Waals surface area contributed by atoms with Gasteiger partial charge in [0, 0.05) is 39.5 Å². The number of carbonyl (C=O) groups is 3. The molecular formula is C27H38FN3O5. The molecule has 198 valence electrons. The first-order valence-corrected chi connectivity index (χ1v) is 13.2. The molecule has 3 amide bonds. The van der Waals surface area contributed by atoms with Crippen LogP contribution in [0.5, 0.6) is 0 Å². The van der Waals surface area contributed by atoms with Crippen LogP contribution in [0, 0.1) is 11.2 Å². The molecule has 1 atom stereocenters. The van der Waals surface area contributed by atoms with Crippen LogP contribution in [-0.4, -0.2) is 74.7 Å². The molecule has 1 aromatic carbocycles. The van der Waals surface area contributed by atoms with Crippen LogP contribution >= 0.6 is 0 Å². The average molecular weight is 504 g/mol. The van der Waals surface area contributed by atoms with E-state index in [-0.39, 0.29) is 23.5 Å². The van der Waals surface area contributed by atoms with Gasteiger partial charge in [-0.1, -0.05) is 18.6 Å². The first-order chi connectivity index (χ1) is 17.4. The van der Waals surface area contributed by atoms with Crippen molar-refractivity contribution in [1.82, 2.24) is 15.5 Å². The highest BCUT2D eigenvalue weighted by Gasteiger charge is 2.48. The van der Waals surface area contributed by atoms with Crippen LogP contribution in [-0.2, 0) is 29.3 Å². The van der Waals surface area contributed by atoms with E-state index in [4.69, 9.17) is 9.47 Å². The molecule has 2 N–H and O–H groups in total. The Morgan fingerprint density at radius 3 is 2.31 bits per heavy atom. The summed E-state index contributed by atoms with van der Waals surface area (Å²) in [5.74, 6) is -0.643. The topological polar surface area (TPSA) is 97.0 Å². The number of nitrogens with one attached hydrogen (secondary N) is 2. The monoisotopic (exact) mass is 503 g/mol. The van der Waals surface area contributed by atoms with Gasteiger partial charge in [-0.25, -0.2) is 4.39 Å². The van der Waals surface area contributed by atoms with Crippen molar-refractivity contribution in [3.05, 3.63) is 35.6 Å². The van der Waals surface area contributed by atoms with Crippen LogP contribution in [0.1, 0.15) is 57.4 Å². The van der Waals surface area contributed by atoms with Gasteiger partial charge >= 0.3 is 0 Å². The molecule has 4 rings (SSSR count). The number of likely N-dealkylation sites (tertiary alicyclic amines) is 1. The molecule has 3 heterocycles. The molecule has 0 unspecified atom stereocenters. The van der Waals surface area contributed by atoms with Crippen molar-refractivity contribution >= 4 is 17.7 Å². The summed E-state index contributed by atoms with van der Waals surface area (Å²) in [4.78, 5) is 41.7. The van der Waals surface area contributed by atoms with Crippen LogP contribution < -0.4 is 10.6 Å². The van der Waals surface area contributed by atoms with Gasteiger partial charge in [-0.05, 0) is 63.1 Å². The molecule has 3 saturated heterocycles. The maximum atomic E-state index is 14.0. The Balaban J connectivity index is 1.50. The third kappa shape index (κ3) is 5.72. The Labute approximate surface area is 212 Å². The number of piperidine rings is 1. The van der Waals surface area contributed by atoms with Crippen molar-refractivity contribution in [3.8, 4) is 0 Å². The molecule has 0 bridgehead atoms. The highest BCUT2D eigenvalue weighted by atomic mass is 19.1. The van der Waals surface area contributed by atoms with Crippen LogP contribution in [0.2, 0.25) is 0 Å². The molecule has 0 radical (unpaired) electrons. The third-order valence-corrected chi connectivity index (χ3v) is 8.12. The van der Waals surface area contributed by atoms with E-state index in [2.05, 4.69) is 10.6 Å². The Hall–Kier alpha value is -2.52. The maximum Gasteiger partial charge on any atom is 0.242 e. The number of rotatable bonds is 2. The van der Waals surface area contributed by atoms with Gasteiger partial charge in [0.1, 0.15) is 11.9 Å². The second-order valence-corrected chi connectivity index (χ2v) is 10.3. The summed E-state index contributed by atoms with van der Waals surface area (Å²) < 4.78 is 24.8. The molecule has 1 aromatic rings. The Bertz CT molecular complexity index is 924. The summed E-state index contributed by atoms with van der Waals surface area (Å²) in [6.45, 7) is 5.04. The van der Waals surface area contributed by atoms with E-state index in [9.17, 15) is 18.8 Å². The van der Waals surface area contributed by atoms with E-state index in [0.717, 1.165) is 18.4 Å². The first kappa shape index (κ1) is 26.5. The van der Waals surface area contributed by atoms with E-state index < -0.39 is 16.9 Å². The molecule has 9 heteroatoms. The SMILES string of the molecule is C[C@@H]1NC(=O)C2(CCCCOCCNC1=O)CCN(C(=O)C1(c3ccc(F)cc3)CCOCC1)CC2. The van der Waals surface area contributed by atoms with Crippen molar-refractivity contribution in [2.75, 3.05) is 46.1 Å². The van der Waals surface area contributed by atoms with Gasteiger partial charge in [-0.2, -0.15) is 0 Å². The predicted molar refractivity (Wildman–Crippen MR) is 132 cm³/mol. The van der Waals surface area contributed by atoms with Gasteiger partial charge < -0.3 is 25.0 Å². The number of hydrogen-bond donors (Lipinski definition) is 2. The zero-order valence-corrected chi connectivity index (χ0v) is 21.2. The molecule has 3 fully saturated rings. The normalized spacial score (nSPS) is 25.6. The standard InChI is InChI=1S/C27H38FN3O5/c1-20-23(32)29-13-19-35-16-3-2-8-26(24(33)30-20)9-14-31(15-10-26)25(34)27(11-17-36-18-12-27)21-4-6-22(28)7-5-21/h4-7,20H,2-3,8-19H2,1H3,(H,29,32)(H,30,33)/t20-/m0/s1. The minimum absolute atomic E-state index is 0.0263. The minimum Gasteiger partial charge on any atom is -0.381 e. The molecule has 0 aliphatic carbocycles. The minimum atomic E-state index is -0.743. The molecule has 8 nitrogen and oxygen atoms in total. The zero-order valence-electron chi connectivity index (χ0n) is 21.2. The van der Waals surface area contributed by atoms with Gasteiger partial charge in [0.15, 0.2) is 0 Å². The molecule has 0 saturated carbocycles. The number of nitrogens with zero attached hydrogens (tertiary/aromatic N) is 1. The summed E-state index contributed by atoms with van der Waals surface area (Å²) in [6, 6.07) is 5.59. The van der Waals surface area contributed by atoms with Crippen molar-refractivity contribution in [1.29, 1.82) is 0 Å². The van der Waals surface area contributed by atoms with Crippen molar-refractivity contribution in [2.24, 2.45) is 5.41 Å². The van der Waals surface area contributed by atoms with Crippen LogP contribution in [0.3, 0.4) is 0 Å². The molecule has 0 aromatic heterocycles. The lowest BCUT2D eigenvalue weighted by atomic mass is 9.70. The summed E-state index contributed by atoms with van der Waals surface area (Å²) in [7, 11) is 0. The molecule has 3 aliphatic rings. The quantitative estimate of drug-likeness (QED) is 0.646. The van der Waals surface area contributed by atoms with Gasteiger partial charge in [-0.15, -0.1) is 0 Å². The second kappa shape index (κ2) is 11.7. The third-order valence-electron chi connectivity index (χ3n) is 8.12. The van der Waals surface area contributed by atoms with Crippen molar-refractivity contribution < 1.29 is 28.2 Å². The number of amides is 3. The van der Waals surface area contributed by atoms with Crippen LogP contribution in [0.4, 0.5) is 4.39 Å². The lowest BCUT2D eigenvalue weighted by molar-refractivity contribution is -0.148. The maximum absolute atomic E-state index is 14.0. The molecular weight excluding hydrogens is 465 g/mol. The lowest BCUT2D eigenvalue weighted by Gasteiger charge is -2.45. The number of halogens is 1. The lowest BCUT2D eigenvalue weighted by Crippen LogP contribution is -2.57. The Morgan fingerprint density at radius 1 is 0.944 bits per heavy atom. The fraction of sp³-hybridized carbons (Fsp3) is 0.667. The van der Waals surface area contributed by atoms with E-state index >= 15 is 0 Å².